The summed E-state index contributed by atoms with van der Waals surface area (Å²) in [4.78, 5) is 11.4. The van der Waals surface area contributed by atoms with Gasteiger partial charge >= 0.3 is 5.97 Å². The van der Waals surface area contributed by atoms with Crippen molar-refractivity contribution >= 4 is 14.3 Å². The van der Waals surface area contributed by atoms with Crippen LogP contribution in [-0.2, 0) is 9.53 Å². The molecule has 4 nitrogen and oxygen atoms in total. The van der Waals surface area contributed by atoms with Crippen molar-refractivity contribution in [1.82, 2.24) is 0 Å². The Hall–Kier alpha value is -1.33. The van der Waals surface area contributed by atoms with Crippen molar-refractivity contribution in [1.29, 1.82) is 0 Å². The fourth-order valence-electron chi connectivity index (χ4n) is 1.70. The van der Waals surface area contributed by atoms with Gasteiger partial charge in [-0.25, -0.2) is 0 Å². The second-order valence-corrected chi connectivity index (χ2v) is 11.7. The van der Waals surface area contributed by atoms with Gasteiger partial charge in [0, 0.05) is 0 Å². The summed E-state index contributed by atoms with van der Waals surface area (Å²) in [6.45, 7) is 13.0. The molecule has 0 aliphatic carbocycles. The fraction of sp³-hybridized carbons (Fsp3) is 0.588. The van der Waals surface area contributed by atoms with E-state index < -0.39 is 20.4 Å². The molecule has 0 aliphatic rings. The molecule has 0 fully saturated rings. The summed E-state index contributed by atoms with van der Waals surface area (Å²) in [5.41, 5.74) is 0.690. The Kier molecular flexibility index (Phi) is 6.20. The molecule has 5 heteroatoms. The lowest BCUT2D eigenvalue weighted by atomic mass is 10.1. The third-order valence-corrected chi connectivity index (χ3v) is 8.47. The van der Waals surface area contributed by atoms with Gasteiger partial charge in [0.2, 0.25) is 8.32 Å². The first kappa shape index (κ1) is 18.7. The molecule has 0 aliphatic heterocycles. The maximum Gasteiger partial charge on any atom is 0.308 e. The molecule has 1 atom stereocenters. The second-order valence-electron chi connectivity index (χ2n) is 6.96. The molecule has 124 valence electrons. The van der Waals surface area contributed by atoms with Crippen LogP contribution in [0.1, 0.15) is 45.8 Å². The maximum atomic E-state index is 11.4. The zero-order valence-corrected chi connectivity index (χ0v) is 15.5. The van der Waals surface area contributed by atoms with Crippen LogP contribution in [0.2, 0.25) is 18.1 Å². The van der Waals surface area contributed by atoms with Crippen molar-refractivity contribution < 1.29 is 19.1 Å². The molecule has 0 saturated heterocycles. The summed E-state index contributed by atoms with van der Waals surface area (Å²) in [6.07, 6.45) is -0.878. The van der Waals surface area contributed by atoms with Crippen LogP contribution >= 0.6 is 0 Å². The first-order chi connectivity index (χ1) is 10.1. The maximum absolute atomic E-state index is 11.4. The van der Waals surface area contributed by atoms with Gasteiger partial charge in [0.15, 0.2) is 0 Å². The lowest BCUT2D eigenvalue weighted by molar-refractivity contribution is -0.145. The molecule has 0 unspecified atom stereocenters. The Morgan fingerprint density at radius 3 is 2.23 bits per heavy atom. The third-order valence-electron chi connectivity index (χ3n) is 4.11. The van der Waals surface area contributed by atoms with Crippen molar-refractivity contribution in [3.63, 3.8) is 0 Å². The quantitative estimate of drug-likeness (QED) is 0.633. The average Bonchev–Trinajstić information content (AvgIpc) is 2.37. The van der Waals surface area contributed by atoms with Gasteiger partial charge < -0.3 is 14.3 Å². The average molecular weight is 324 g/mol. The Bertz CT molecular complexity index is 488. The van der Waals surface area contributed by atoms with Crippen molar-refractivity contribution in [3.8, 4) is 5.75 Å². The van der Waals surface area contributed by atoms with E-state index in [-0.39, 0.29) is 11.5 Å². The number of ether oxygens (including phenoxy) is 1. The standard InChI is InChI=1S/C17H28O4Si/c1-7-20-16(19)12-15(18)13-8-10-14(11-9-13)21-22(5,6)17(2,3)4/h8-11,15,18H,7,12H2,1-6H3/t15-/m0/s1. The third kappa shape index (κ3) is 5.14. The monoisotopic (exact) mass is 324 g/mol. The lowest BCUT2D eigenvalue weighted by Gasteiger charge is -2.36. The summed E-state index contributed by atoms with van der Waals surface area (Å²) in [5, 5.41) is 10.2. The lowest BCUT2D eigenvalue weighted by Crippen LogP contribution is -2.43. The number of carbonyl (C=O) groups is 1. The Morgan fingerprint density at radius 1 is 1.23 bits per heavy atom. The number of hydrogen-bond donors (Lipinski definition) is 1. The SMILES string of the molecule is CCOC(=O)C[C@H](O)c1ccc(O[Si](C)(C)C(C)(C)C)cc1. The number of aliphatic hydroxyl groups excluding tert-OH is 1. The van der Waals surface area contributed by atoms with Crippen LogP contribution in [0.4, 0.5) is 0 Å². The van der Waals surface area contributed by atoms with Gasteiger partial charge in [0.25, 0.3) is 0 Å². The predicted molar refractivity (Wildman–Crippen MR) is 90.5 cm³/mol. The first-order valence-corrected chi connectivity index (χ1v) is 10.6. The number of aliphatic hydroxyl groups is 1. The molecular weight excluding hydrogens is 296 g/mol. The Morgan fingerprint density at radius 2 is 1.77 bits per heavy atom. The first-order valence-electron chi connectivity index (χ1n) is 7.69. The van der Waals surface area contributed by atoms with Crippen LogP contribution in [0.5, 0.6) is 5.75 Å². The molecule has 0 bridgehead atoms. The summed E-state index contributed by atoms with van der Waals surface area (Å²) < 4.78 is 11.0. The normalized spacial score (nSPS) is 13.6. The van der Waals surface area contributed by atoms with E-state index in [4.69, 9.17) is 9.16 Å². The van der Waals surface area contributed by atoms with Crippen LogP contribution in [-0.4, -0.2) is 26.0 Å². The van der Waals surface area contributed by atoms with Crippen molar-refractivity contribution in [2.24, 2.45) is 0 Å². The van der Waals surface area contributed by atoms with E-state index in [0.717, 1.165) is 5.75 Å². The highest BCUT2D eigenvalue weighted by atomic mass is 28.4. The molecule has 1 aromatic carbocycles. The minimum atomic E-state index is -1.86. The fourth-order valence-corrected chi connectivity index (χ4v) is 2.73. The van der Waals surface area contributed by atoms with E-state index >= 15 is 0 Å². The van der Waals surface area contributed by atoms with Crippen molar-refractivity contribution in [2.75, 3.05) is 6.61 Å². The van der Waals surface area contributed by atoms with Crippen LogP contribution in [0.3, 0.4) is 0 Å². The summed E-state index contributed by atoms with van der Waals surface area (Å²) in [5.74, 6) is 0.412. The molecule has 0 heterocycles. The number of carbonyl (C=O) groups excluding carboxylic acids is 1. The highest BCUT2D eigenvalue weighted by Crippen LogP contribution is 2.37. The number of esters is 1. The van der Waals surface area contributed by atoms with Gasteiger partial charge in [0.1, 0.15) is 5.75 Å². The summed E-state index contributed by atoms with van der Waals surface area (Å²) in [7, 11) is -1.86. The molecule has 1 rings (SSSR count). The molecular formula is C17H28O4Si. The Labute approximate surface area is 134 Å². The number of hydrogen-bond acceptors (Lipinski definition) is 4. The minimum absolute atomic E-state index is 0.0315. The van der Waals surface area contributed by atoms with Crippen LogP contribution in [0.15, 0.2) is 24.3 Å². The van der Waals surface area contributed by atoms with Crippen LogP contribution < -0.4 is 4.43 Å². The Balaban J connectivity index is 2.73. The zero-order chi connectivity index (χ0) is 17.0. The minimum Gasteiger partial charge on any atom is -0.544 e. The smallest absolute Gasteiger partial charge is 0.308 e. The molecule has 1 aromatic rings. The van der Waals surface area contributed by atoms with E-state index in [1.165, 1.54) is 0 Å². The molecule has 0 saturated carbocycles. The second kappa shape index (κ2) is 7.29. The molecule has 22 heavy (non-hydrogen) atoms. The molecule has 1 N–H and O–H groups in total. The van der Waals surface area contributed by atoms with E-state index in [2.05, 4.69) is 33.9 Å². The van der Waals surface area contributed by atoms with Gasteiger partial charge in [-0.05, 0) is 42.8 Å². The highest BCUT2D eigenvalue weighted by Gasteiger charge is 2.38. The van der Waals surface area contributed by atoms with Gasteiger partial charge in [-0.3, -0.25) is 4.79 Å². The van der Waals surface area contributed by atoms with Crippen molar-refractivity contribution in [2.45, 2.75) is 58.4 Å². The summed E-state index contributed by atoms with van der Waals surface area (Å²) >= 11 is 0. The van der Waals surface area contributed by atoms with E-state index in [0.29, 0.717) is 12.2 Å². The van der Waals surface area contributed by atoms with E-state index in [1.54, 1.807) is 19.1 Å². The predicted octanol–water partition coefficient (Wildman–Crippen LogP) is 4.06. The van der Waals surface area contributed by atoms with Crippen LogP contribution in [0.25, 0.3) is 0 Å². The van der Waals surface area contributed by atoms with Crippen molar-refractivity contribution in [3.05, 3.63) is 29.8 Å². The molecule has 0 amide bonds. The topological polar surface area (TPSA) is 55.8 Å². The van der Waals surface area contributed by atoms with Gasteiger partial charge in [0.05, 0.1) is 19.1 Å². The number of benzene rings is 1. The van der Waals surface area contributed by atoms with E-state index in [1.807, 2.05) is 12.1 Å². The van der Waals surface area contributed by atoms with Gasteiger partial charge in [-0.15, -0.1) is 0 Å². The number of rotatable bonds is 6. The molecule has 0 radical (unpaired) electrons. The summed E-state index contributed by atoms with van der Waals surface area (Å²) in [6, 6.07) is 7.30. The zero-order valence-electron chi connectivity index (χ0n) is 14.5. The van der Waals surface area contributed by atoms with E-state index in [9.17, 15) is 9.90 Å². The highest BCUT2D eigenvalue weighted by molar-refractivity contribution is 6.74. The van der Waals surface area contributed by atoms with Gasteiger partial charge in [-0.2, -0.15) is 0 Å². The van der Waals surface area contributed by atoms with Gasteiger partial charge in [-0.1, -0.05) is 32.9 Å². The largest absolute Gasteiger partial charge is 0.544 e. The van der Waals surface area contributed by atoms with Crippen LogP contribution in [0, 0.1) is 0 Å². The molecule has 0 spiro atoms. The molecule has 0 aromatic heterocycles.